The molecule has 0 saturated carbocycles. The average Bonchev–Trinajstić information content (AvgIpc) is 2.46. The van der Waals surface area contributed by atoms with E-state index < -0.39 is 0 Å². The molecular weight excluding hydrogens is 240 g/mol. The summed E-state index contributed by atoms with van der Waals surface area (Å²) in [4.78, 5) is 0. The maximum atomic E-state index is 2.35. The molecule has 0 unspecified atom stereocenters. The summed E-state index contributed by atoms with van der Waals surface area (Å²) in [5.41, 5.74) is 0. The highest BCUT2D eigenvalue weighted by Gasteiger charge is 2.09. The van der Waals surface area contributed by atoms with E-state index in [-0.39, 0.29) is 17.0 Å². The number of unbranched alkanes of at least 4 members (excludes halogenated alkanes) is 1. The summed E-state index contributed by atoms with van der Waals surface area (Å²) >= 11 is 0. The van der Waals surface area contributed by atoms with Crippen LogP contribution in [0.4, 0.5) is 0 Å². The summed E-state index contributed by atoms with van der Waals surface area (Å²) in [6, 6.07) is 0. The van der Waals surface area contributed by atoms with Crippen molar-refractivity contribution in [1.29, 1.82) is 0 Å². The zero-order valence-corrected chi connectivity index (χ0v) is 11.2. The first-order valence-corrected chi connectivity index (χ1v) is 5.34. The lowest BCUT2D eigenvalue weighted by Crippen LogP contribution is -2.35. The van der Waals surface area contributed by atoms with Gasteiger partial charge in [-0.15, -0.1) is 17.0 Å². The van der Waals surface area contributed by atoms with Crippen molar-refractivity contribution in [3.63, 3.8) is 0 Å². The Hall–Kier alpha value is -0.310. The Labute approximate surface area is 97.7 Å². The number of imidazole rings is 1. The van der Waals surface area contributed by atoms with Gasteiger partial charge in [0.15, 0.2) is 0 Å². The molecule has 2 nitrogen and oxygen atoms in total. The molecule has 0 atom stereocenters. The molecule has 0 aliphatic rings. The SMILES string of the molecule is Br.CCCCn1cc[n+](CCC)c1C. The van der Waals surface area contributed by atoms with Crippen molar-refractivity contribution in [2.45, 2.75) is 53.1 Å². The maximum absolute atomic E-state index is 2.35. The van der Waals surface area contributed by atoms with Crippen molar-refractivity contribution in [2.75, 3.05) is 0 Å². The molecule has 0 N–H and O–H groups in total. The molecule has 82 valence electrons. The van der Waals surface area contributed by atoms with Crippen LogP contribution >= 0.6 is 17.0 Å². The van der Waals surface area contributed by atoms with Crippen LogP contribution < -0.4 is 4.57 Å². The third kappa shape index (κ3) is 3.45. The number of aryl methyl sites for hydroxylation is 2. The molecule has 0 aliphatic heterocycles. The third-order valence-corrected chi connectivity index (χ3v) is 2.47. The number of rotatable bonds is 5. The van der Waals surface area contributed by atoms with E-state index in [2.05, 4.69) is 42.3 Å². The van der Waals surface area contributed by atoms with Gasteiger partial charge in [-0.1, -0.05) is 20.3 Å². The number of nitrogens with zero attached hydrogens (tertiary/aromatic N) is 2. The van der Waals surface area contributed by atoms with Crippen LogP contribution in [-0.4, -0.2) is 4.57 Å². The van der Waals surface area contributed by atoms with Gasteiger partial charge in [0.1, 0.15) is 12.4 Å². The molecule has 1 aromatic rings. The van der Waals surface area contributed by atoms with Crippen molar-refractivity contribution >= 4 is 17.0 Å². The molecule has 3 heteroatoms. The highest BCUT2D eigenvalue weighted by Crippen LogP contribution is 1.98. The Morgan fingerprint density at radius 1 is 1.29 bits per heavy atom. The van der Waals surface area contributed by atoms with Crippen LogP contribution in [0.15, 0.2) is 12.4 Å². The minimum Gasteiger partial charge on any atom is -0.235 e. The van der Waals surface area contributed by atoms with Crippen LogP contribution in [-0.2, 0) is 13.1 Å². The predicted molar refractivity (Wildman–Crippen MR) is 64.9 cm³/mol. The Bertz CT molecular complexity index is 256. The van der Waals surface area contributed by atoms with Gasteiger partial charge >= 0.3 is 0 Å². The zero-order valence-electron chi connectivity index (χ0n) is 9.49. The van der Waals surface area contributed by atoms with Crippen LogP contribution in [0.3, 0.4) is 0 Å². The largest absolute Gasteiger partial charge is 0.253 e. The van der Waals surface area contributed by atoms with Gasteiger partial charge in [0.25, 0.3) is 5.82 Å². The predicted octanol–water partition coefficient (Wildman–Crippen LogP) is 2.87. The monoisotopic (exact) mass is 261 g/mol. The molecule has 0 fully saturated rings. The van der Waals surface area contributed by atoms with Gasteiger partial charge in [0.05, 0.1) is 13.1 Å². The molecule has 1 rings (SSSR count). The number of aromatic nitrogens is 2. The molecule has 1 heterocycles. The fraction of sp³-hybridized carbons (Fsp3) is 0.727. The summed E-state index contributed by atoms with van der Waals surface area (Å²) < 4.78 is 4.68. The lowest BCUT2D eigenvalue weighted by molar-refractivity contribution is -0.702. The van der Waals surface area contributed by atoms with E-state index in [1.54, 1.807) is 0 Å². The minimum absolute atomic E-state index is 0. The van der Waals surface area contributed by atoms with Crippen molar-refractivity contribution in [3.8, 4) is 0 Å². The van der Waals surface area contributed by atoms with E-state index in [0.29, 0.717) is 0 Å². The number of hydrogen-bond acceptors (Lipinski definition) is 0. The van der Waals surface area contributed by atoms with E-state index in [4.69, 9.17) is 0 Å². The molecule has 0 aromatic carbocycles. The molecule has 0 aliphatic carbocycles. The molecule has 1 aromatic heterocycles. The molecule has 0 bridgehead atoms. The minimum atomic E-state index is 0. The lowest BCUT2D eigenvalue weighted by Gasteiger charge is -1.98. The molecular formula is C11H22BrN2+. The topological polar surface area (TPSA) is 8.81 Å². The highest BCUT2D eigenvalue weighted by molar-refractivity contribution is 8.93. The summed E-state index contributed by atoms with van der Waals surface area (Å²) in [5, 5.41) is 0. The van der Waals surface area contributed by atoms with E-state index in [1.807, 2.05) is 0 Å². The summed E-state index contributed by atoms with van der Waals surface area (Å²) in [7, 11) is 0. The van der Waals surface area contributed by atoms with Crippen LogP contribution in [0.2, 0.25) is 0 Å². The highest BCUT2D eigenvalue weighted by atomic mass is 79.9. The maximum Gasteiger partial charge on any atom is 0.253 e. The van der Waals surface area contributed by atoms with Gasteiger partial charge < -0.3 is 0 Å². The first kappa shape index (κ1) is 13.7. The van der Waals surface area contributed by atoms with Crippen molar-refractivity contribution in [3.05, 3.63) is 18.2 Å². The first-order valence-electron chi connectivity index (χ1n) is 5.34. The fourth-order valence-corrected chi connectivity index (χ4v) is 1.58. The summed E-state index contributed by atoms with van der Waals surface area (Å²) in [6.45, 7) is 8.96. The third-order valence-electron chi connectivity index (χ3n) is 2.47. The first-order chi connectivity index (χ1) is 6.29. The van der Waals surface area contributed by atoms with Gasteiger partial charge in [0, 0.05) is 6.92 Å². The van der Waals surface area contributed by atoms with Crippen LogP contribution in [0.5, 0.6) is 0 Å². The van der Waals surface area contributed by atoms with Gasteiger partial charge in [-0.3, -0.25) is 0 Å². The fourth-order valence-electron chi connectivity index (χ4n) is 1.58. The van der Waals surface area contributed by atoms with E-state index in [0.717, 1.165) is 6.54 Å². The Balaban J connectivity index is 0.00000169. The molecule has 0 radical (unpaired) electrons. The lowest BCUT2D eigenvalue weighted by atomic mass is 10.3. The van der Waals surface area contributed by atoms with E-state index >= 15 is 0 Å². The van der Waals surface area contributed by atoms with E-state index in [1.165, 1.54) is 31.6 Å². The molecule has 14 heavy (non-hydrogen) atoms. The smallest absolute Gasteiger partial charge is 0.235 e. The Morgan fingerprint density at radius 2 is 2.00 bits per heavy atom. The zero-order chi connectivity index (χ0) is 9.68. The molecule has 0 spiro atoms. The quantitative estimate of drug-likeness (QED) is 0.721. The van der Waals surface area contributed by atoms with E-state index in [9.17, 15) is 0 Å². The average molecular weight is 262 g/mol. The van der Waals surface area contributed by atoms with Crippen molar-refractivity contribution in [1.82, 2.24) is 4.57 Å². The Kier molecular flexibility index (Phi) is 6.89. The second-order valence-corrected chi connectivity index (χ2v) is 3.59. The van der Waals surface area contributed by atoms with Crippen LogP contribution in [0.1, 0.15) is 38.9 Å². The van der Waals surface area contributed by atoms with Gasteiger partial charge in [-0.05, 0) is 12.8 Å². The molecule has 0 amide bonds. The molecule has 0 saturated heterocycles. The van der Waals surface area contributed by atoms with Crippen LogP contribution in [0.25, 0.3) is 0 Å². The van der Waals surface area contributed by atoms with Gasteiger partial charge in [-0.2, -0.15) is 0 Å². The second kappa shape index (κ2) is 7.04. The number of halogens is 1. The summed E-state index contributed by atoms with van der Waals surface area (Å²) in [6.07, 6.45) is 8.14. The standard InChI is InChI=1S/C11H21N2.BrH/c1-4-6-8-13-10-9-12(7-5-2)11(13)3;/h9-10H,4-8H2,1-3H3;1H/q+1;. The number of hydrogen-bond donors (Lipinski definition) is 0. The van der Waals surface area contributed by atoms with Crippen molar-refractivity contribution < 1.29 is 4.57 Å². The Morgan fingerprint density at radius 3 is 2.57 bits per heavy atom. The summed E-state index contributed by atoms with van der Waals surface area (Å²) in [5.74, 6) is 1.38. The van der Waals surface area contributed by atoms with Gasteiger partial charge in [-0.25, -0.2) is 9.13 Å². The van der Waals surface area contributed by atoms with Crippen LogP contribution in [0, 0.1) is 6.92 Å². The normalized spacial score (nSPS) is 9.93. The second-order valence-electron chi connectivity index (χ2n) is 3.59. The van der Waals surface area contributed by atoms with Gasteiger partial charge in [0.2, 0.25) is 0 Å². The van der Waals surface area contributed by atoms with Crippen molar-refractivity contribution in [2.24, 2.45) is 0 Å².